The van der Waals surface area contributed by atoms with Crippen LogP contribution in [0.15, 0.2) is 28.8 Å². The highest BCUT2D eigenvalue weighted by Gasteiger charge is 2.30. The van der Waals surface area contributed by atoms with Crippen molar-refractivity contribution in [3.8, 4) is 28.4 Å². The molecule has 4 rings (SSSR count). The van der Waals surface area contributed by atoms with E-state index in [-0.39, 0.29) is 18.7 Å². The van der Waals surface area contributed by atoms with Gasteiger partial charge in [0.2, 0.25) is 0 Å². The number of aryl methyl sites for hydroxylation is 2. The first kappa shape index (κ1) is 29.3. The smallest absolute Gasteiger partial charge is 0.319 e. The van der Waals surface area contributed by atoms with E-state index in [0.29, 0.717) is 30.4 Å². The van der Waals surface area contributed by atoms with Gasteiger partial charge in [-0.1, -0.05) is 17.3 Å². The van der Waals surface area contributed by atoms with Gasteiger partial charge < -0.3 is 34.4 Å². The van der Waals surface area contributed by atoms with Crippen LogP contribution in [0.5, 0.6) is 5.75 Å². The Morgan fingerprint density at radius 1 is 1.25 bits per heavy atom. The van der Waals surface area contributed by atoms with E-state index < -0.39 is 6.10 Å². The first-order valence-corrected chi connectivity index (χ1v) is 13.7. The standard InChI is InChI=1S/C29H41N7O4/c1-18-26(25-19(2)33-40-20(25)3)31-27(21-10-8-12-24(14-21)39-17-23(37)15-30-4)32-28(18)36-13-9-11-22(16-36)35(7)29(38)34(5)6/h8,10,12,14,22-23,30,37H,9,11,13,15-17H2,1-7H3. The number of rotatable bonds is 9. The third-order valence-electron chi connectivity index (χ3n) is 7.29. The molecule has 0 bridgehead atoms. The van der Waals surface area contributed by atoms with Crippen molar-refractivity contribution in [3.63, 3.8) is 0 Å². The lowest BCUT2D eigenvalue weighted by atomic mass is 10.0. The van der Waals surface area contributed by atoms with Crippen LogP contribution in [0, 0.1) is 20.8 Å². The highest BCUT2D eigenvalue weighted by Crippen LogP contribution is 2.36. The van der Waals surface area contributed by atoms with E-state index in [1.165, 1.54) is 0 Å². The average Bonchev–Trinajstić information content (AvgIpc) is 3.28. The average molecular weight is 552 g/mol. The first-order chi connectivity index (χ1) is 19.1. The summed E-state index contributed by atoms with van der Waals surface area (Å²) in [4.78, 5) is 28.5. The number of nitrogens with one attached hydrogen (secondary N) is 1. The number of anilines is 1. The van der Waals surface area contributed by atoms with Crippen LogP contribution in [-0.4, -0.2) is 103 Å². The number of carbonyl (C=O) groups excluding carboxylic acids is 1. The number of amides is 2. The van der Waals surface area contributed by atoms with Crippen LogP contribution < -0.4 is 15.0 Å². The number of likely N-dealkylation sites (N-methyl/N-ethyl adjacent to an activating group) is 2. The summed E-state index contributed by atoms with van der Waals surface area (Å²) in [5.74, 6) is 2.70. The third-order valence-corrected chi connectivity index (χ3v) is 7.29. The number of hydrogen-bond donors (Lipinski definition) is 2. The lowest BCUT2D eigenvalue weighted by Gasteiger charge is -2.39. The van der Waals surface area contributed by atoms with Crippen molar-refractivity contribution >= 4 is 11.8 Å². The van der Waals surface area contributed by atoms with Crippen LogP contribution in [0.1, 0.15) is 29.9 Å². The molecule has 2 atom stereocenters. The molecule has 1 aliphatic rings. The van der Waals surface area contributed by atoms with Crippen molar-refractivity contribution < 1.29 is 19.2 Å². The van der Waals surface area contributed by atoms with E-state index in [9.17, 15) is 9.90 Å². The Morgan fingerprint density at radius 3 is 2.70 bits per heavy atom. The second kappa shape index (κ2) is 12.6. The van der Waals surface area contributed by atoms with Gasteiger partial charge in [0, 0.05) is 51.9 Å². The number of aromatic nitrogens is 3. The Balaban J connectivity index is 1.74. The van der Waals surface area contributed by atoms with Crippen molar-refractivity contribution in [1.82, 2.24) is 30.2 Å². The molecule has 1 fully saturated rings. The van der Waals surface area contributed by atoms with Gasteiger partial charge in [-0.25, -0.2) is 14.8 Å². The molecule has 1 aromatic carbocycles. The summed E-state index contributed by atoms with van der Waals surface area (Å²) in [5, 5.41) is 17.2. The van der Waals surface area contributed by atoms with Gasteiger partial charge in [-0.15, -0.1) is 0 Å². The zero-order valence-corrected chi connectivity index (χ0v) is 24.6. The molecule has 2 unspecified atom stereocenters. The van der Waals surface area contributed by atoms with Gasteiger partial charge in [0.25, 0.3) is 0 Å². The molecule has 0 spiro atoms. The maximum Gasteiger partial charge on any atom is 0.319 e. The van der Waals surface area contributed by atoms with Gasteiger partial charge in [0.15, 0.2) is 5.82 Å². The summed E-state index contributed by atoms with van der Waals surface area (Å²) in [7, 11) is 7.20. The molecule has 0 saturated carbocycles. The largest absolute Gasteiger partial charge is 0.491 e. The van der Waals surface area contributed by atoms with Crippen LogP contribution in [0.4, 0.5) is 10.6 Å². The molecule has 3 heterocycles. The van der Waals surface area contributed by atoms with E-state index >= 15 is 0 Å². The Hall–Kier alpha value is -3.70. The van der Waals surface area contributed by atoms with Crippen LogP contribution in [0.2, 0.25) is 0 Å². The molecule has 2 N–H and O–H groups in total. The maximum absolute atomic E-state index is 12.7. The monoisotopic (exact) mass is 551 g/mol. The molecule has 0 aliphatic carbocycles. The summed E-state index contributed by atoms with van der Waals surface area (Å²) in [5.41, 5.74) is 4.12. The maximum atomic E-state index is 12.7. The molecule has 2 aromatic heterocycles. The van der Waals surface area contributed by atoms with E-state index in [0.717, 1.165) is 53.3 Å². The minimum absolute atomic E-state index is 0.0139. The predicted octanol–water partition coefficient (Wildman–Crippen LogP) is 3.27. The topological polar surface area (TPSA) is 120 Å². The molecular formula is C29H41N7O4. The minimum Gasteiger partial charge on any atom is -0.491 e. The minimum atomic E-state index is -0.619. The molecule has 3 aromatic rings. The highest BCUT2D eigenvalue weighted by molar-refractivity contribution is 5.76. The Morgan fingerprint density at radius 2 is 2.02 bits per heavy atom. The molecule has 2 amide bonds. The van der Waals surface area contributed by atoms with Gasteiger partial charge in [-0.05, 0) is 52.8 Å². The highest BCUT2D eigenvalue weighted by atomic mass is 16.5. The van der Waals surface area contributed by atoms with Gasteiger partial charge in [-0.2, -0.15) is 0 Å². The summed E-state index contributed by atoms with van der Waals surface area (Å²) < 4.78 is 11.4. The van der Waals surface area contributed by atoms with Gasteiger partial charge in [0.05, 0.1) is 23.0 Å². The molecule has 11 heteroatoms. The molecule has 11 nitrogen and oxygen atoms in total. The summed E-state index contributed by atoms with van der Waals surface area (Å²) in [6, 6.07) is 7.63. The van der Waals surface area contributed by atoms with Gasteiger partial charge in [0.1, 0.15) is 30.0 Å². The Labute approximate surface area is 236 Å². The normalized spacial score (nSPS) is 16.1. The number of benzene rings is 1. The zero-order chi connectivity index (χ0) is 29.0. The van der Waals surface area contributed by atoms with Crippen LogP contribution >= 0.6 is 0 Å². The number of aliphatic hydroxyl groups excluding tert-OH is 1. The van der Waals surface area contributed by atoms with Crippen LogP contribution in [-0.2, 0) is 0 Å². The Bertz CT molecular complexity index is 1310. The lowest BCUT2D eigenvalue weighted by molar-refractivity contribution is 0.108. The molecule has 1 saturated heterocycles. The van der Waals surface area contributed by atoms with Gasteiger partial charge in [-0.3, -0.25) is 0 Å². The molecule has 0 radical (unpaired) electrons. The number of nitrogens with zero attached hydrogens (tertiary/aromatic N) is 6. The van der Waals surface area contributed by atoms with Gasteiger partial charge >= 0.3 is 6.03 Å². The van der Waals surface area contributed by atoms with Crippen molar-refractivity contribution in [2.45, 2.75) is 45.8 Å². The van der Waals surface area contributed by atoms with E-state index in [1.54, 1.807) is 26.0 Å². The summed E-state index contributed by atoms with van der Waals surface area (Å²) in [6.07, 6.45) is 1.25. The summed E-state index contributed by atoms with van der Waals surface area (Å²) >= 11 is 0. The Kier molecular flexibility index (Phi) is 9.26. The SMILES string of the molecule is CNCC(O)COc1cccc(-c2nc(-c3c(C)noc3C)c(C)c(N3CCCC(N(C)C(=O)N(C)C)C3)n2)c1. The zero-order valence-electron chi connectivity index (χ0n) is 24.6. The van der Waals surface area contributed by atoms with Crippen LogP contribution in [0.3, 0.4) is 0 Å². The van der Waals surface area contributed by atoms with Crippen molar-refractivity contribution in [2.75, 3.05) is 59.3 Å². The number of ether oxygens (including phenoxy) is 1. The van der Waals surface area contributed by atoms with Crippen molar-refractivity contribution in [2.24, 2.45) is 0 Å². The molecule has 40 heavy (non-hydrogen) atoms. The van der Waals surface area contributed by atoms with Crippen LogP contribution in [0.25, 0.3) is 22.6 Å². The predicted molar refractivity (Wildman–Crippen MR) is 155 cm³/mol. The van der Waals surface area contributed by atoms with E-state index in [4.69, 9.17) is 19.2 Å². The molecular weight excluding hydrogens is 510 g/mol. The van der Waals surface area contributed by atoms with E-state index in [1.807, 2.05) is 57.0 Å². The lowest BCUT2D eigenvalue weighted by Crippen LogP contribution is -2.51. The number of aliphatic hydroxyl groups is 1. The third kappa shape index (κ3) is 6.37. The number of hydrogen-bond acceptors (Lipinski definition) is 9. The number of urea groups is 1. The summed E-state index contributed by atoms with van der Waals surface area (Å²) in [6.45, 7) is 7.93. The fraction of sp³-hybridized carbons (Fsp3) is 0.517. The van der Waals surface area contributed by atoms with E-state index in [2.05, 4.69) is 15.4 Å². The number of carbonyl (C=O) groups is 1. The number of piperidine rings is 1. The first-order valence-electron chi connectivity index (χ1n) is 13.7. The second-order valence-corrected chi connectivity index (χ2v) is 10.6. The fourth-order valence-corrected chi connectivity index (χ4v) is 5.15. The molecule has 216 valence electrons. The van der Waals surface area contributed by atoms with Crippen molar-refractivity contribution in [3.05, 3.63) is 41.3 Å². The van der Waals surface area contributed by atoms with Crippen molar-refractivity contribution in [1.29, 1.82) is 0 Å². The second-order valence-electron chi connectivity index (χ2n) is 10.6. The molecule has 1 aliphatic heterocycles. The quantitative estimate of drug-likeness (QED) is 0.413. The fourth-order valence-electron chi connectivity index (χ4n) is 5.15.